The van der Waals surface area contributed by atoms with Gasteiger partial charge in [-0.05, 0) is 24.3 Å². The van der Waals surface area contributed by atoms with Crippen LogP contribution in [0, 0.1) is 11.3 Å². The normalized spacial score (nSPS) is 15.9. The van der Waals surface area contributed by atoms with Crippen LogP contribution in [0.25, 0.3) is 0 Å². The molecule has 0 saturated carbocycles. The van der Waals surface area contributed by atoms with E-state index in [1.54, 1.807) is 0 Å². The molecule has 1 aromatic carbocycles. The fraction of sp³-hybridized carbons (Fsp3) is 0.250. The first-order valence-corrected chi connectivity index (χ1v) is 8.84. The van der Waals surface area contributed by atoms with Crippen LogP contribution in [0.5, 0.6) is 5.88 Å². The highest BCUT2D eigenvalue weighted by Crippen LogP contribution is 2.32. The van der Waals surface area contributed by atoms with Crippen molar-refractivity contribution in [3.63, 3.8) is 0 Å². The molecule has 136 valence electrons. The average Bonchev–Trinajstić information content (AvgIpc) is 2.57. The van der Waals surface area contributed by atoms with Crippen LogP contribution in [0.1, 0.15) is 11.1 Å². The van der Waals surface area contributed by atoms with Crippen molar-refractivity contribution in [3.8, 4) is 11.9 Å². The summed E-state index contributed by atoms with van der Waals surface area (Å²) in [4.78, 5) is 3.50. The van der Waals surface area contributed by atoms with Crippen molar-refractivity contribution in [2.24, 2.45) is 0 Å². The maximum Gasteiger partial charge on any atom is 0.416 e. The summed E-state index contributed by atoms with van der Waals surface area (Å²) in [5, 5.41) is 8.70. The van der Waals surface area contributed by atoms with E-state index in [1.165, 1.54) is 18.3 Å². The topological polar surface area (TPSA) is 83.3 Å². The Labute approximate surface area is 147 Å². The summed E-state index contributed by atoms with van der Waals surface area (Å²) in [7, 11) is -4.03. The molecule has 0 bridgehead atoms. The van der Waals surface area contributed by atoms with Crippen LogP contribution in [0.15, 0.2) is 47.5 Å². The highest BCUT2D eigenvalue weighted by Gasteiger charge is 2.39. The number of sulfonamides is 1. The molecule has 1 fully saturated rings. The van der Waals surface area contributed by atoms with Gasteiger partial charge in [-0.15, -0.1) is 0 Å². The minimum atomic E-state index is -4.62. The van der Waals surface area contributed by atoms with Crippen LogP contribution in [0.2, 0.25) is 0 Å². The lowest BCUT2D eigenvalue weighted by Crippen LogP contribution is -2.56. The third-order valence-electron chi connectivity index (χ3n) is 3.77. The fourth-order valence-electron chi connectivity index (χ4n) is 2.34. The van der Waals surface area contributed by atoms with Gasteiger partial charge in [-0.3, -0.25) is 0 Å². The second kappa shape index (κ2) is 6.59. The first-order chi connectivity index (χ1) is 12.2. The zero-order valence-corrected chi connectivity index (χ0v) is 14.0. The number of aromatic nitrogens is 1. The Morgan fingerprint density at radius 3 is 2.54 bits per heavy atom. The summed E-state index contributed by atoms with van der Waals surface area (Å²) in [6.45, 7) is 0.000516. The van der Waals surface area contributed by atoms with Crippen molar-refractivity contribution >= 4 is 10.0 Å². The van der Waals surface area contributed by atoms with E-state index in [4.69, 9.17) is 10.00 Å². The molecule has 1 saturated heterocycles. The molecule has 1 aliphatic heterocycles. The number of nitrogens with zero attached hydrogens (tertiary/aromatic N) is 3. The van der Waals surface area contributed by atoms with Crippen molar-refractivity contribution < 1.29 is 26.3 Å². The van der Waals surface area contributed by atoms with Gasteiger partial charge in [0.25, 0.3) is 0 Å². The van der Waals surface area contributed by atoms with E-state index < -0.39 is 32.8 Å². The third-order valence-corrected chi connectivity index (χ3v) is 5.59. The Balaban J connectivity index is 1.67. The van der Waals surface area contributed by atoms with Crippen LogP contribution in [0.4, 0.5) is 13.2 Å². The molecular formula is C16H12F3N3O3S. The number of ether oxygens (including phenoxy) is 1. The molecule has 0 spiro atoms. The molecule has 0 atom stereocenters. The van der Waals surface area contributed by atoms with Crippen LogP contribution < -0.4 is 4.74 Å². The molecule has 0 amide bonds. The van der Waals surface area contributed by atoms with Gasteiger partial charge in [0, 0.05) is 12.3 Å². The number of hydrogen-bond donors (Lipinski definition) is 0. The number of halogens is 3. The quantitative estimate of drug-likeness (QED) is 0.810. The van der Waals surface area contributed by atoms with E-state index >= 15 is 0 Å². The van der Waals surface area contributed by atoms with Gasteiger partial charge in [0.05, 0.1) is 29.1 Å². The lowest BCUT2D eigenvalue weighted by Gasteiger charge is -2.37. The Morgan fingerprint density at radius 1 is 1.23 bits per heavy atom. The molecule has 1 aliphatic rings. The molecule has 6 nitrogen and oxygen atoms in total. The molecule has 2 aromatic rings. The summed E-state index contributed by atoms with van der Waals surface area (Å²) in [5.41, 5.74) is -0.659. The number of alkyl halides is 3. The molecule has 0 aliphatic carbocycles. The minimum Gasteiger partial charge on any atom is -0.472 e. The molecule has 2 heterocycles. The highest BCUT2D eigenvalue weighted by atomic mass is 32.2. The van der Waals surface area contributed by atoms with E-state index in [0.717, 1.165) is 22.5 Å². The van der Waals surface area contributed by atoms with E-state index in [-0.39, 0.29) is 19.0 Å². The first kappa shape index (κ1) is 18.2. The van der Waals surface area contributed by atoms with Gasteiger partial charge in [0.2, 0.25) is 15.9 Å². The lowest BCUT2D eigenvalue weighted by atomic mass is 10.2. The van der Waals surface area contributed by atoms with Gasteiger partial charge in [-0.25, -0.2) is 13.4 Å². The summed E-state index contributed by atoms with van der Waals surface area (Å²) >= 11 is 0. The molecule has 10 heteroatoms. The van der Waals surface area contributed by atoms with Gasteiger partial charge in [-0.2, -0.15) is 22.7 Å². The van der Waals surface area contributed by atoms with E-state index in [0.29, 0.717) is 11.6 Å². The summed E-state index contributed by atoms with van der Waals surface area (Å²) in [5.74, 6) is 0.241. The van der Waals surface area contributed by atoms with Crippen LogP contribution >= 0.6 is 0 Å². The summed E-state index contributed by atoms with van der Waals surface area (Å²) in [6.07, 6.45) is -3.76. The Kier molecular flexibility index (Phi) is 4.60. The molecule has 1 aromatic heterocycles. The van der Waals surface area contributed by atoms with E-state index in [1.807, 2.05) is 6.07 Å². The lowest BCUT2D eigenvalue weighted by molar-refractivity contribution is -0.137. The SMILES string of the molecule is N#Cc1ccc(OC2CN(S(=O)(=O)c3cccc(C(F)(F)F)c3)C2)nc1. The Bertz CT molecular complexity index is 947. The van der Waals surface area contributed by atoms with Crippen molar-refractivity contribution in [3.05, 3.63) is 53.7 Å². The van der Waals surface area contributed by atoms with Gasteiger partial charge in [0.15, 0.2) is 0 Å². The average molecular weight is 383 g/mol. The summed E-state index contributed by atoms with van der Waals surface area (Å²) in [6, 6.07) is 8.53. The summed E-state index contributed by atoms with van der Waals surface area (Å²) < 4.78 is 69.6. The molecule has 0 unspecified atom stereocenters. The molecule has 0 radical (unpaired) electrons. The van der Waals surface area contributed by atoms with Crippen LogP contribution in [0.3, 0.4) is 0 Å². The monoisotopic (exact) mass is 383 g/mol. The van der Waals surface area contributed by atoms with Crippen LogP contribution in [-0.4, -0.2) is 36.9 Å². The van der Waals surface area contributed by atoms with Gasteiger partial charge < -0.3 is 4.74 Å². The number of nitriles is 1. The van der Waals surface area contributed by atoms with Crippen molar-refractivity contribution in [2.45, 2.75) is 17.2 Å². The highest BCUT2D eigenvalue weighted by molar-refractivity contribution is 7.89. The number of hydrogen-bond acceptors (Lipinski definition) is 5. The Hall–Kier alpha value is -2.64. The minimum absolute atomic E-state index is 0.000258. The number of rotatable bonds is 4. The fourth-order valence-corrected chi connectivity index (χ4v) is 3.89. The van der Waals surface area contributed by atoms with E-state index in [2.05, 4.69) is 4.98 Å². The van der Waals surface area contributed by atoms with Gasteiger partial charge >= 0.3 is 6.18 Å². The Morgan fingerprint density at radius 2 is 1.96 bits per heavy atom. The first-order valence-electron chi connectivity index (χ1n) is 7.40. The van der Waals surface area contributed by atoms with Crippen molar-refractivity contribution in [2.75, 3.05) is 13.1 Å². The van der Waals surface area contributed by atoms with Gasteiger partial charge in [0.1, 0.15) is 12.2 Å². The molecular weight excluding hydrogens is 371 g/mol. The van der Waals surface area contributed by atoms with Crippen molar-refractivity contribution in [1.82, 2.24) is 9.29 Å². The van der Waals surface area contributed by atoms with Crippen molar-refractivity contribution in [1.29, 1.82) is 5.26 Å². The molecule has 0 N–H and O–H groups in total. The molecule has 3 rings (SSSR count). The maximum absolute atomic E-state index is 12.8. The maximum atomic E-state index is 12.8. The second-order valence-corrected chi connectivity index (χ2v) is 7.52. The third kappa shape index (κ3) is 3.63. The van der Waals surface area contributed by atoms with E-state index in [9.17, 15) is 21.6 Å². The second-order valence-electron chi connectivity index (χ2n) is 5.58. The van der Waals surface area contributed by atoms with Crippen LogP contribution in [-0.2, 0) is 16.2 Å². The largest absolute Gasteiger partial charge is 0.472 e. The number of benzene rings is 1. The predicted octanol–water partition coefficient (Wildman–Crippen LogP) is 2.42. The standard InChI is InChI=1S/C16H12F3N3O3S/c17-16(18,19)12-2-1-3-14(6-12)26(23,24)22-9-13(10-22)25-15-5-4-11(7-20)8-21-15/h1-6,8,13H,9-10H2. The number of pyridine rings is 1. The van der Waals surface area contributed by atoms with Gasteiger partial charge in [-0.1, -0.05) is 6.07 Å². The molecule has 26 heavy (non-hydrogen) atoms. The zero-order chi connectivity index (χ0) is 18.9. The smallest absolute Gasteiger partial charge is 0.416 e. The predicted molar refractivity (Wildman–Crippen MR) is 83.6 cm³/mol. The zero-order valence-electron chi connectivity index (χ0n) is 13.1.